The first-order valence-electron chi connectivity index (χ1n) is 9.43. The van der Waals surface area contributed by atoms with E-state index in [1.807, 2.05) is 36.4 Å². The number of amides is 1. The zero-order valence-electron chi connectivity index (χ0n) is 16.2. The second-order valence-corrected chi connectivity index (χ2v) is 7.35. The monoisotopic (exact) mass is 422 g/mol. The predicted octanol–water partition coefficient (Wildman–Crippen LogP) is 5.14. The molecule has 1 aliphatic rings. The van der Waals surface area contributed by atoms with Gasteiger partial charge in [0.15, 0.2) is 0 Å². The average Bonchev–Trinajstić information content (AvgIpc) is 3.16. The number of nitro benzene ring substituents is 1. The van der Waals surface area contributed by atoms with Crippen LogP contribution in [0.25, 0.3) is 16.8 Å². The van der Waals surface area contributed by atoms with Crippen molar-refractivity contribution in [3.8, 4) is 5.75 Å². The van der Waals surface area contributed by atoms with Crippen molar-refractivity contribution in [2.45, 2.75) is 5.92 Å². The fraction of sp³-hybridized carbons (Fsp3) is 0.174. The van der Waals surface area contributed by atoms with Gasteiger partial charge in [-0.2, -0.15) is 0 Å². The molecule has 152 valence electrons. The Morgan fingerprint density at radius 3 is 2.70 bits per heavy atom. The van der Waals surface area contributed by atoms with Gasteiger partial charge in [-0.1, -0.05) is 30.3 Å². The first-order valence-corrected chi connectivity index (χ1v) is 9.96. The number of non-ortho nitro benzene ring substituents is 1. The van der Waals surface area contributed by atoms with Crippen LogP contribution in [-0.4, -0.2) is 30.4 Å². The zero-order chi connectivity index (χ0) is 21.3. The fourth-order valence-electron chi connectivity index (χ4n) is 3.92. The van der Waals surface area contributed by atoms with Gasteiger partial charge in [-0.15, -0.1) is 11.6 Å². The van der Waals surface area contributed by atoms with Gasteiger partial charge >= 0.3 is 0 Å². The van der Waals surface area contributed by atoms with E-state index < -0.39 is 4.92 Å². The lowest BCUT2D eigenvalue weighted by molar-refractivity contribution is -0.383. The molecule has 0 saturated carbocycles. The second kappa shape index (κ2) is 8.16. The third-order valence-electron chi connectivity index (χ3n) is 5.31. The van der Waals surface area contributed by atoms with Crippen LogP contribution in [0.5, 0.6) is 5.75 Å². The summed E-state index contributed by atoms with van der Waals surface area (Å²) in [7, 11) is 1.58. The molecular formula is C23H19ClN2O4. The van der Waals surface area contributed by atoms with Crippen molar-refractivity contribution in [1.29, 1.82) is 0 Å². The molecule has 0 aliphatic carbocycles. The Balaban J connectivity index is 1.76. The Hall–Kier alpha value is -3.38. The van der Waals surface area contributed by atoms with E-state index in [4.69, 9.17) is 16.3 Å². The third kappa shape index (κ3) is 3.50. The molecule has 0 N–H and O–H groups in total. The molecule has 4 rings (SSSR count). The van der Waals surface area contributed by atoms with Gasteiger partial charge in [-0.25, -0.2) is 0 Å². The van der Waals surface area contributed by atoms with Gasteiger partial charge < -0.3 is 9.64 Å². The zero-order valence-corrected chi connectivity index (χ0v) is 17.0. The normalized spacial score (nSPS) is 15.5. The van der Waals surface area contributed by atoms with E-state index in [2.05, 4.69) is 0 Å². The number of carbonyl (C=O) groups is 1. The van der Waals surface area contributed by atoms with E-state index in [1.165, 1.54) is 12.1 Å². The van der Waals surface area contributed by atoms with Crippen molar-refractivity contribution in [2.24, 2.45) is 0 Å². The van der Waals surface area contributed by atoms with E-state index >= 15 is 0 Å². The lowest BCUT2D eigenvalue weighted by Gasteiger charge is -2.16. The highest BCUT2D eigenvalue weighted by atomic mass is 35.5. The van der Waals surface area contributed by atoms with Crippen molar-refractivity contribution in [2.75, 3.05) is 24.4 Å². The number of hydrogen-bond acceptors (Lipinski definition) is 4. The van der Waals surface area contributed by atoms with E-state index in [-0.39, 0.29) is 17.5 Å². The Bertz CT molecular complexity index is 1180. The molecular weight excluding hydrogens is 404 g/mol. The summed E-state index contributed by atoms with van der Waals surface area (Å²) < 4.78 is 5.21. The summed E-state index contributed by atoms with van der Waals surface area (Å²) in [5.74, 6) is 0.663. The molecule has 0 spiro atoms. The SMILES string of the molecule is COc1cccc(/C=C/C(=O)N2CC(CCl)c3c2cc([N+](=O)[O-])c2ccccc32)c1. The molecule has 3 aromatic rings. The maximum absolute atomic E-state index is 13.0. The van der Waals surface area contributed by atoms with Crippen LogP contribution < -0.4 is 9.64 Å². The second-order valence-electron chi connectivity index (χ2n) is 7.04. The molecule has 1 atom stereocenters. The number of benzene rings is 3. The van der Waals surface area contributed by atoms with Crippen LogP contribution in [-0.2, 0) is 4.79 Å². The average molecular weight is 423 g/mol. The molecule has 7 heteroatoms. The summed E-state index contributed by atoms with van der Waals surface area (Å²) in [6.45, 7) is 0.380. The number of rotatable bonds is 5. The summed E-state index contributed by atoms with van der Waals surface area (Å²) in [5, 5.41) is 13.0. The Kier molecular flexibility index (Phi) is 5.42. The van der Waals surface area contributed by atoms with Crippen LogP contribution in [0.2, 0.25) is 0 Å². The number of halogens is 1. The minimum absolute atomic E-state index is 0.0193. The van der Waals surface area contributed by atoms with Crippen molar-refractivity contribution < 1.29 is 14.5 Å². The van der Waals surface area contributed by atoms with E-state index in [0.29, 0.717) is 29.2 Å². The van der Waals surface area contributed by atoms with Gasteiger partial charge in [0.1, 0.15) is 5.75 Å². The lowest BCUT2D eigenvalue weighted by atomic mass is 9.95. The highest BCUT2D eigenvalue weighted by molar-refractivity contribution is 6.19. The first-order chi connectivity index (χ1) is 14.5. The Labute approximate surface area is 178 Å². The molecule has 0 saturated heterocycles. The molecule has 0 fully saturated rings. The van der Waals surface area contributed by atoms with Crippen LogP contribution >= 0.6 is 11.6 Å². The molecule has 1 unspecified atom stereocenters. The number of methoxy groups -OCH3 is 1. The van der Waals surface area contributed by atoms with E-state index in [0.717, 1.165) is 16.5 Å². The Morgan fingerprint density at radius 2 is 2.00 bits per heavy atom. The quantitative estimate of drug-likeness (QED) is 0.247. The number of nitro groups is 1. The maximum Gasteiger partial charge on any atom is 0.279 e. The molecule has 0 bridgehead atoms. The number of nitrogens with zero attached hydrogens (tertiary/aromatic N) is 2. The number of ether oxygens (including phenoxy) is 1. The number of anilines is 1. The smallest absolute Gasteiger partial charge is 0.279 e. The first kappa shape index (κ1) is 19.9. The van der Waals surface area contributed by atoms with Gasteiger partial charge in [0.25, 0.3) is 11.6 Å². The minimum Gasteiger partial charge on any atom is -0.497 e. The summed E-state index contributed by atoms with van der Waals surface area (Å²) in [6, 6.07) is 16.0. The largest absolute Gasteiger partial charge is 0.497 e. The van der Waals surface area contributed by atoms with Gasteiger partial charge in [-0.3, -0.25) is 14.9 Å². The lowest BCUT2D eigenvalue weighted by Crippen LogP contribution is -2.28. The van der Waals surface area contributed by atoms with Gasteiger partial charge in [-0.05, 0) is 40.8 Å². The van der Waals surface area contributed by atoms with Crippen LogP contribution in [0, 0.1) is 10.1 Å². The molecule has 1 amide bonds. The predicted molar refractivity (Wildman–Crippen MR) is 118 cm³/mol. The third-order valence-corrected chi connectivity index (χ3v) is 5.68. The molecule has 3 aromatic carbocycles. The molecule has 0 radical (unpaired) electrons. The van der Waals surface area contributed by atoms with Crippen LogP contribution in [0.3, 0.4) is 0 Å². The number of fused-ring (bicyclic) bond motifs is 3. The number of hydrogen-bond donors (Lipinski definition) is 0. The van der Waals surface area contributed by atoms with E-state index in [9.17, 15) is 14.9 Å². The number of carbonyl (C=O) groups excluding carboxylic acids is 1. The van der Waals surface area contributed by atoms with Crippen LogP contribution in [0.15, 0.2) is 60.7 Å². The summed E-state index contributed by atoms with van der Waals surface area (Å²) in [5.41, 5.74) is 2.23. The standard InChI is InChI=1S/C23H19ClN2O4/c1-30-17-6-4-5-15(11-17)9-10-22(27)25-14-16(13-24)23-19-8-3-2-7-18(19)20(26(28)29)12-21(23)25/h2-12,16H,13-14H2,1H3/b10-9+. The van der Waals surface area contributed by atoms with Crippen molar-refractivity contribution in [1.82, 2.24) is 0 Å². The minimum atomic E-state index is -0.411. The summed E-state index contributed by atoms with van der Waals surface area (Å²) >= 11 is 6.21. The van der Waals surface area contributed by atoms with Crippen LogP contribution in [0.1, 0.15) is 17.0 Å². The number of alkyl halides is 1. The molecule has 1 heterocycles. The Morgan fingerprint density at radius 1 is 1.23 bits per heavy atom. The van der Waals surface area contributed by atoms with Gasteiger partial charge in [0.2, 0.25) is 0 Å². The van der Waals surface area contributed by atoms with Crippen LogP contribution in [0.4, 0.5) is 11.4 Å². The maximum atomic E-state index is 13.0. The van der Waals surface area contributed by atoms with Crippen molar-refractivity contribution in [3.05, 3.63) is 81.9 Å². The molecule has 1 aliphatic heterocycles. The summed E-state index contributed by atoms with van der Waals surface area (Å²) in [6.07, 6.45) is 3.17. The topological polar surface area (TPSA) is 72.7 Å². The molecule has 30 heavy (non-hydrogen) atoms. The molecule has 6 nitrogen and oxygen atoms in total. The van der Waals surface area contributed by atoms with Gasteiger partial charge in [0.05, 0.1) is 23.1 Å². The highest BCUT2D eigenvalue weighted by Crippen LogP contribution is 2.45. The van der Waals surface area contributed by atoms with Crippen molar-refractivity contribution >= 4 is 45.7 Å². The fourth-order valence-corrected chi connectivity index (χ4v) is 4.17. The molecule has 0 aromatic heterocycles. The van der Waals surface area contributed by atoms with E-state index in [1.54, 1.807) is 30.2 Å². The van der Waals surface area contributed by atoms with Gasteiger partial charge in [0, 0.05) is 30.5 Å². The summed E-state index contributed by atoms with van der Waals surface area (Å²) in [4.78, 5) is 25.8. The van der Waals surface area contributed by atoms with Crippen molar-refractivity contribution in [3.63, 3.8) is 0 Å². The highest BCUT2D eigenvalue weighted by Gasteiger charge is 2.35.